The van der Waals surface area contributed by atoms with Crippen molar-refractivity contribution in [3.63, 3.8) is 0 Å². The van der Waals surface area contributed by atoms with Crippen LogP contribution in [-0.4, -0.2) is 54.4 Å². The second kappa shape index (κ2) is 6.56. The van der Waals surface area contributed by atoms with E-state index in [-0.39, 0.29) is 25.3 Å². The second-order valence-corrected chi connectivity index (χ2v) is 5.17. The molecule has 1 heterocycles. The Hall–Kier alpha value is -0.820. The van der Waals surface area contributed by atoms with Crippen molar-refractivity contribution >= 4 is 5.91 Å². The number of carbonyl (C=O) groups excluding carboxylic acids is 1. The minimum Gasteiger partial charge on any atom is -0.393 e. The molecule has 1 fully saturated rings. The van der Waals surface area contributed by atoms with Crippen molar-refractivity contribution in [2.24, 2.45) is 5.92 Å². The predicted octanol–water partition coefficient (Wildman–Crippen LogP) is 1.15. The summed E-state index contributed by atoms with van der Waals surface area (Å²) in [6.07, 6.45) is -4.05. The Bertz CT molecular complexity index is 300. The van der Waals surface area contributed by atoms with Crippen molar-refractivity contribution in [1.82, 2.24) is 10.2 Å². The number of hydrogen-bond donors (Lipinski definition) is 2. The number of aliphatic hydroxyl groups is 1. The van der Waals surface area contributed by atoms with E-state index in [4.69, 9.17) is 5.11 Å². The van der Waals surface area contributed by atoms with E-state index >= 15 is 0 Å². The first kappa shape index (κ1) is 16.2. The van der Waals surface area contributed by atoms with Crippen LogP contribution in [0.3, 0.4) is 0 Å². The van der Waals surface area contributed by atoms with Crippen LogP contribution < -0.4 is 5.32 Å². The first-order chi connectivity index (χ1) is 8.71. The number of nitrogens with zero attached hydrogens (tertiary/aromatic N) is 1. The fourth-order valence-corrected chi connectivity index (χ4v) is 2.10. The number of hydrogen-bond acceptors (Lipinski definition) is 3. The van der Waals surface area contributed by atoms with Gasteiger partial charge in [0.1, 0.15) is 0 Å². The molecule has 0 aromatic carbocycles. The molecule has 0 radical (unpaired) electrons. The molecule has 112 valence electrons. The molecule has 3 atom stereocenters. The fraction of sp³-hybridized carbons (Fsp3) is 0.917. The summed E-state index contributed by atoms with van der Waals surface area (Å²) in [7, 11) is 1.60. The maximum absolute atomic E-state index is 12.5. The molecular formula is C12H21F3N2O2. The Balaban J connectivity index is 2.40. The quantitative estimate of drug-likeness (QED) is 0.813. The lowest BCUT2D eigenvalue weighted by atomic mass is 9.93. The molecule has 19 heavy (non-hydrogen) atoms. The highest BCUT2D eigenvalue weighted by Gasteiger charge is 2.42. The average molecular weight is 282 g/mol. The zero-order chi connectivity index (χ0) is 14.6. The molecular weight excluding hydrogens is 261 g/mol. The maximum atomic E-state index is 12.5. The normalized spacial score (nSPS) is 26.0. The van der Waals surface area contributed by atoms with Crippen molar-refractivity contribution in [3.8, 4) is 0 Å². The van der Waals surface area contributed by atoms with E-state index in [2.05, 4.69) is 5.32 Å². The first-order valence-corrected chi connectivity index (χ1v) is 6.45. The van der Waals surface area contributed by atoms with Gasteiger partial charge in [-0.2, -0.15) is 13.2 Å². The van der Waals surface area contributed by atoms with Crippen molar-refractivity contribution in [3.05, 3.63) is 0 Å². The standard InChI is InChI=1S/C12H21F3N2O2/c1-8(18)5-6-17(2)11(19)10-4-3-9(7-16-10)12(13,14)15/h8-10,16,18H,3-7H2,1-2H3. The summed E-state index contributed by atoms with van der Waals surface area (Å²) in [5.74, 6) is -1.57. The summed E-state index contributed by atoms with van der Waals surface area (Å²) in [5.41, 5.74) is 0. The number of rotatable bonds is 4. The van der Waals surface area contributed by atoms with Crippen molar-refractivity contribution in [2.45, 2.75) is 44.5 Å². The molecule has 0 aromatic heterocycles. The van der Waals surface area contributed by atoms with Crippen LogP contribution in [0.5, 0.6) is 0 Å². The van der Waals surface area contributed by atoms with Gasteiger partial charge in [0, 0.05) is 20.1 Å². The molecule has 3 unspecified atom stereocenters. The molecule has 1 aliphatic heterocycles. The topological polar surface area (TPSA) is 52.6 Å². The minimum absolute atomic E-state index is 0.0167. The van der Waals surface area contributed by atoms with Gasteiger partial charge < -0.3 is 15.3 Å². The van der Waals surface area contributed by atoms with Crippen LogP contribution in [0.4, 0.5) is 13.2 Å². The summed E-state index contributed by atoms with van der Waals surface area (Å²) < 4.78 is 37.4. The third kappa shape index (κ3) is 4.99. The second-order valence-electron chi connectivity index (χ2n) is 5.17. The number of alkyl halides is 3. The van der Waals surface area contributed by atoms with Gasteiger partial charge in [-0.3, -0.25) is 4.79 Å². The van der Waals surface area contributed by atoms with Crippen LogP contribution in [0, 0.1) is 5.92 Å². The molecule has 1 saturated heterocycles. The zero-order valence-electron chi connectivity index (χ0n) is 11.2. The van der Waals surface area contributed by atoms with Gasteiger partial charge in [-0.1, -0.05) is 0 Å². The van der Waals surface area contributed by atoms with Gasteiger partial charge in [-0.05, 0) is 26.2 Å². The molecule has 1 rings (SSSR count). The zero-order valence-corrected chi connectivity index (χ0v) is 11.2. The van der Waals surface area contributed by atoms with Gasteiger partial charge in [-0.25, -0.2) is 0 Å². The summed E-state index contributed by atoms with van der Waals surface area (Å²) in [6, 6.07) is -0.544. The average Bonchev–Trinajstić information content (AvgIpc) is 2.34. The number of amides is 1. The fourth-order valence-electron chi connectivity index (χ4n) is 2.10. The maximum Gasteiger partial charge on any atom is 0.393 e. The van der Waals surface area contributed by atoms with Crippen LogP contribution in [0.1, 0.15) is 26.2 Å². The van der Waals surface area contributed by atoms with E-state index in [1.807, 2.05) is 0 Å². The molecule has 0 aromatic rings. The van der Waals surface area contributed by atoms with Crippen LogP contribution in [0.15, 0.2) is 0 Å². The molecule has 2 N–H and O–H groups in total. The highest BCUT2D eigenvalue weighted by molar-refractivity contribution is 5.81. The van der Waals surface area contributed by atoms with Crippen molar-refractivity contribution in [2.75, 3.05) is 20.1 Å². The third-order valence-electron chi connectivity index (χ3n) is 3.43. The van der Waals surface area contributed by atoms with Crippen molar-refractivity contribution < 1.29 is 23.1 Å². The lowest BCUT2D eigenvalue weighted by Gasteiger charge is -2.32. The summed E-state index contributed by atoms with van der Waals surface area (Å²) in [5, 5.41) is 11.8. The van der Waals surface area contributed by atoms with Crippen LogP contribution in [0.2, 0.25) is 0 Å². The van der Waals surface area contributed by atoms with Crippen LogP contribution in [-0.2, 0) is 4.79 Å². The van der Waals surface area contributed by atoms with Gasteiger partial charge >= 0.3 is 6.18 Å². The SMILES string of the molecule is CC(O)CCN(C)C(=O)C1CCC(C(F)(F)F)CN1. The largest absolute Gasteiger partial charge is 0.393 e. The number of piperidine rings is 1. The van der Waals surface area contributed by atoms with Gasteiger partial charge in [0.2, 0.25) is 5.91 Å². The Labute approximate surface area is 111 Å². The van der Waals surface area contributed by atoms with E-state index in [1.165, 1.54) is 4.90 Å². The van der Waals surface area contributed by atoms with E-state index in [1.54, 1.807) is 14.0 Å². The lowest BCUT2D eigenvalue weighted by molar-refractivity contribution is -0.180. The molecule has 0 saturated carbocycles. The molecule has 1 amide bonds. The Morgan fingerprint density at radius 2 is 2.11 bits per heavy atom. The van der Waals surface area contributed by atoms with E-state index in [0.29, 0.717) is 13.0 Å². The first-order valence-electron chi connectivity index (χ1n) is 6.45. The molecule has 1 aliphatic rings. The minimum atomic E-state index is -4.20. The Morgan fingerprint density at radius 3 is 2.53 bits per heavy atom. The molecule has 0 aliphatic carbocycles. The Morgan fingerprint density at radius 1 is 1.47 bits per heavy atom. The van der Waals surface area contributed by atoms with Crippen LogP contribution >= 0.6 is 0 Å². The number of halogens is 3. The summed E-state index contributed by atoms with van der Waals surface area (Å²) in [4.78, 5) is 13.4. The lowest BCUT2D eigenvalue weighted by Crippen LogP contribution is -2.51. The third-order valence-corrected chi connectivity index (χ3v) is 3.43. The molecule has 0 spiro atoms. The van der Waals surface area contributed by atoms with E-state index in [9.17, 15) is 18.0 Å². The highest BCUT2D eigenvalue weighted by atomic mass is 19.4. The molecule has 7 heteroatoms. The van der Waals surface area contributed by atoms with Gasteiger partial charge in [0.05, 0.1) is 18.1 Å². The highest BCUT2D eigenvalue weighted by Crippen LogP contribution is 2.32. The summed E-state index contributed by atoms with van der Waals surface area (Å²) >= 11 is 0. The predicted molar refractivity (Wildman–Crippen MR) is 64.5 cm³/mol. The molecule has 0 bridgehead atoms. The van der Waals surface area contributed by atoms with Gasteiger partial charge in [0.25, 0.3) is 0 Å². The number of nitrogens with one attached hydrogen (secondary N) is 1. The van der Waals surface area contributed by atoms with Gasteiger partial charge in [-0.15, -0.1) is 0 Å². The van der Waals surface area contributed by atoms with E-state index < -0.39 is 24.2 Å². The number of likely N-dealkylation sites (N-methyl/N-ethyl adjacent to an activating group) is 1. The Kier molecular flexibility index (Phi) is 5.61. The molecule has 4 nitrogen and oxygen atoms in total. The number of aliphatic hydroxyl groups excluding tert-OH is 1. The van der Waals surface area contributed by atoms with Gasteiger partial charge in [0.15, 0.2) is 0 Å². The number of carbonyl (C=O) groups is 1. The summed E-state index contributed by atoms with van der Waals surface area (Å²) in [6.45, 7) is 1.83. The van der Waals surface area contributed by atoms with Crippen LogP contribution in [0.25, 0.3) is 0 Å². The smallest absolute Gasteiger partial charge is 0.393 e. The monoisotopic (exact) mass is 282 g/mol. The van der Waals surface area contributed by atoms with E-state index in [0.717, 1.165) is 0 Å². The van der Waals surface area contributed by atoms with Crippen molar-refractivity contribution in [1.29, 1.82) is 0 Å².